The van der Waals surface area contributed by atoms with E-state index in [1.807, 2.05) is 27.7 Å². The summed E-state index contributed by atoms with van der Waals surface area (Å²) in [5.74, 6) is -5.68. The van der Waals surface area contributed by atoms with Crippen molar-refractivity contribution in [3.05, 3.63) is 65.7 Å². The molecule has 0 aliphatic heterocycles. The first-order valence-corrected chi connectivity index (χ1v) is 23.5. The molecular formula is C47H75N15O9. The van der Waals surface area contributed by atoms with Crippen LogP contribution >= 0.6 is 0 Å². The van der Waals surface area contributed by atoms with Crippen LogP contribution in [0.25, 0.3) is 0 Å². The van der Waals surface area contributed by atoms with E-state index in [0.717, 1.165) is 5.56 Å². The van der Waals surface area contributed by atoms with E-state index < -0.39 is 96.6 Å². The molecule has 2 aromatic carbocycles. The zero-order valence-corrected chi connectivity index (χ0v) is 41.3. The van der Waals surface area contributed by atoms with Crippen LogP contribution < -0.4 is 76.4 Å². The third-order valence-corrected chi connectivity index (χ3v) is 10.6. The van der Waals surface area contributed by atoms with Crippen molar-refractivity contribution in [3.63, 3.8) is 0 Å². The second-order valence-corrected chi connectivity index (χ2v) is 17.8. The number of nitrogens with two attached hydrogens (primary N) is 6. The van der Waals surface area contributed by atoms with E-state index in [1.165, 1.54) is 7.11 Å². The van der Waals surface area contributed by atoms with Gasteiger partial charge in [0.2, 0.25) is 47.3 Å². The van der Waals surface area contributed by atoms with Gasteiger partial charge in [-0.1, -0.05) is 70.2 Å². The van der Waals surface area contributed by atoms with Gasteiger partial charge in [-0.25, -0.2) is 0 Å². The number of methoxy groups -OCH3 is 1. The summed E-state index contributed by atoms with van der Waals surface area (Å²) in [4.78, 5) is 115. The van der Waals surface area contributed by atoms with Crippen LogP contribution in [0.1, 0.15) is 77.3 Å². The van der Waals surface area contributed by atoms with Crippen molar-refractivity contribution in [3.8, 4) is 5.75 Å². The standard InChI is InChI=1S/C47H75N15O9/c1-27(2)21-35(40(49)65)61-43(68)34(14-10-20-55-47(52)53)59-42(67)33(13-9-19-54-46(50)51)60-44(69)36(22-28(3)4)62-45(70)37(24-29-11-7-6-8-12-29)58-39(64)26-56-38(63)25-57-41(66)32(48)23-30-15-17-31(71-5)18-16-30/h6-8,11-12,15-18,27-28,32-37H,9-10,13-14,19-26,48H2,1-5H3,(H2,49,65)(H,56,63)(H,57,66)(H,58,64)(H,59,67)(H,60,69)(H,61,68)(H,62,70)(H4,50,51,54)(H4,52,53,55)/t32-,33-,34-,35+,36-,37+/m0/s1. The van der Waals surface area contributed by atoms with Crippen LogP contribution in [0.5, 0.6) is 5.75 Å². The van der Waals surface area contributed by atoms with Crippen LogP contribution in [-0.4, -0.2) is 129 Å². The molecule has 24 nitrogen and oxygen atoms in total. The van der Waals surface area contributed by atoms with Crippen molar-refractivity contribution >= 4 is 59.2 Å². The Bertz CT molecular complexity index is 2110. The summed E-state index contributed by atoms with van der Waals surface area (Å²) < 4.78 is 5.14. The number of nitrogens with one attached hydrogen (secondary N) is 7. The van der Waals surface area contributed by atoms with Crippen molar-refractivity contribution in [1.82, 2.24) is 37.2 Å². The maximum absolute atomic E-state index is 14.2. The zero-order chi connectivity index (χ0) is 53.0. The Hall–Kier alpha value is -7.50. The lowest BCUT2D eigenvalue weighted by Crippen LogP contribution is -2.59. The first-order valence-electron chi connectivity index (χ1n) is 23.5. The summed E-state index contributed by atoms with van der Waals surface area (Å²) in [6.45, 7) is 6.49. The summed E-state index contributed by atoms with van der Waals surface area (Å²) in [7, 11) is 1.53. The molecule has 0 bridgehead atoms. The number of aliphatic imine (C=N–C) groups is 2. The highest BCUT2D eigenvalue weighted by Crippen LogP contribution is 2.14. The Balaban J connectivity index is 2.28. The molecule has 24 heteroatoms. The Labute approximate surface area is 414 Å². The lowest BCUT2D eigenvalue weighted by Gasteiger charge is -2.28. The Morgan fingerprint density at radius 1 is 0.521 bits per heavy atom. The molecule has 19 N–H and O–H groups in total. The Morgan fingerprint density at radius 2 is 0.972 bits per heavy atom. The van der Waals surface area contributed by atoms with Crippen LogP contribution in [0.15, 0.2) is 64.6 Å². The summed E-state index contributed by atoms with van der Waals surface area (Å²) in [6, 6.07) is 8.74. The van der Waals surface area contributed by atoms with Crippen LogP contribution in [0.4, 0.5) is 0 Å². The average molecular weight is 994 g/mol. The van der Waals surface area contributed by atoms with Gasteiger partial charge >= 0.3 is 0 Å². The highest BCUT2D eigenvalue weighted by atomic mass is 16.5. The van der Waals surface area contributed by atoms with E-state index >= 15 is 0 Å². The zero-order valence-electron chi connectivity index (χ0n) is 41.3. The molecule has 0 aliphatic carbocycles. The Kier molecular flexibility index (Phi) is 26.5. The number of primary amides is 1. The third-order valence-electron chi connectivity index (χ3n) is 10.6. The first-order chi connectivity index (χ1) is 33.6. The fraction of sp³-hybridized carbons (Fsp3) is 0.532. The molecule has 2 rings (SSSR count). The Morgan fingerprint density at radius 3 is 1.46 bits per heavy atom. The number of benzene rings is 2. The van der Waals surface area contributed by atoms with Crippen LogP contribution in [0.3, 0.4) is 0 Å². The van der Waals surface area contributed by atoms with Crippen LogP contribution in [0.2, 0.25) is 0 Å². The maximum Gasteiger partial charge on any atom is 0.243 e. The molecule has 392 valence electrons. The molecule has 71 heavy (non-hydrogen) atoms. The van der Waals surface area contributed by atoms with E-state index in [1.54, 1.807) is 54.6 Å². The summed E-state index contributed by atoms with van der Waals surface area (Å²) in [5.41, 5.74) is 35.0. The number of hydrogen-bond acceptors (Lipinski definition) is 12. The van der Waals surface area contributed by atoms with E-state index in [-0.39, 0.29) is 88.2 Å². The van der Waals surface area contributed by atoms with Gasteiger partial charge in [-0.3, -0.25) is 48.3 Å². The molecule has 0 unspecified atom stereocenters. The number of carbonyl (C=O) groups is 8. The number of rotatable bonds is 32. The minimum Gasteiger partial charge on any atom is -0.497 e. The first kappa shape index (κ1) is 59.6. The number of amides is 8. The minimum absolute atomic E-state index is 0.0131. The van der Waals surface area contributed by atoms with Crippen molar-refractivity contribution in [2.45, 2.75) is 115 Å². The van der Waals surface area contributed by atoms with Gasteiger partial charge in [0.05, 0.1) is 26.2 Å². The average Bonchev–Trinajstić information content (AvgIpc) is 3.31. The molecule has 0 saturated heterocycles. The van der Waals surface area contributed by atoms with Crippen LogP contribution in [0, 0.1) is 11.8 Å². The molecule has 0 spiro atoms. The van der Waals surface area contributed by atoms with Crippen LogP contribution in [-0.2, 0) is 51.2 Å². The molecule has 0 aliphatic rings. The lowest BCUT2D eigenvalue weighted by molar-refractivity contribution is -0.135. The molecule has 0 fully saturated rings. The van der Waals surface area contributed by atoms with Crippen molar-refractivity contribution in [2.75, 3.05) is 33.3 Å². The highest BCUT2D eigenvalue weighted by Gasteiger charge is 2.33. The minimum atomic E-state index is -1.30. The van der Waals surface area contributed by atoms with Gasteiger partial charge in [0, 0.05) is 19.5 Å². The number of nitrogens with zero attached hydrogens (tertiary/aromatic N) is 2. The van der Waals surface area contributed by atoms with Gasteiger partial charge in [-0.15, -0.1) is 0 Å². The molecular weight excluding hydrogens is 919 g/mol. The predicted molar refractivity (Wildman–Crippen MR) is 268 cm³/mol. The number of guanidine groups is 2. The normalized spacial score (nSPS) is 13.4. The summed E-state index contributed by atoms with van der Waals surface area (Å²) in [5, 5.41) is 18.3. The molecule has 8 amide bonds. The smallest absolute Gasteiger partial charge is 0.243 e. The van der Waals surface area contributed by atoms with Crippen molar-refractivity contribution in [2.24, 2.45) is 56.2 Å². The molecule has 0 saturated carbocycles. The third kappa shape index (κ3) is 24.6. The summed E-state index contributed by atoms with van der Waals surface area (Å²) >= 11 is 0. The van der Waals surface area contributed by atoms with E-state index in [4.69, 9.17) is 39.1 Å². The quantitative estimate of drug-likeness (QED) is 0.0200. The predicted octanol–water partition coefficient (Wildman–Crippen LogP) is -2.85. The fourth-order valence-corrected chi connectivity index (χ4v) is 7.01. The number of ether oxygens (including phenoxy) is 1. The van der Waals surface area contributed by atoms with E-state index in [2.05, 4.69) is 47.2 Å². The van der Waals surface area contributed by atoms with Gasteiger partial charge in [-0.2, -0.15) is 0 Å². The second kappa shape index (κ2) is 31.6. The topological polar surface area (TPSA) is 411 Å². The molecule has 0 radical (unpaired) electrons. The summed E-state index contributed by atoms with van der Waals surface area (Å²) in [6.07, 6.45) is 0.956. The second-order valence-electron chi connectivity index (χ2n) is 17.8. The lowest BCUT2D eigenvalue weighted by atomic mass is 10.00. The van der Waals surface area contributed by atoms with Gasteiger partial charge in [0.15, 0.2) is 11.9 Å². The molecule has 0 aromatic heterocycles. The van der Waals surface area contributed by atoms with E-state index in [9.17, 15) is 38.4 Å². The van der Waals surface area contributed by atoms with E-state index in [0.29, 0.717) is 11.3 Å². The monoisotopic (exact) mass is 994 g/mol. The van der Waals surface area contributed by atoms with Gasteiger partial charge in [0.25, 0.3) is 0 Å². The van der Waals surface area contributed by atoms with Crippen molar-refractivity contribution in [1.29, 1.82) is 0 Å². The van der Waals surface area contributed by atoms with Gasteiger partial charge in [0.1, 0.15) is 36.0 Å². The van der Waals surface area contributed by atoms with Crippen molar-refractivity contribution < 1.29 is 43.1 Å². The highest BCUT2D eigenvalue weighted by molar-refractivity contribution is 5.97. The maximum atomic E-state index is 14.2. The molecule has 0 heterocycles. The molecule has 6 atom stereocenters. The molecule has 2 aromatic rings. The fourth-order valence-electron chi connectivity index (χ4n) is 7.01. The van der Waals surface area contributed by atoms with Gasteiger partial charge in [-0.05, 0) is 80.0 Å². The van der Waals surface area contributed by atoms with Gasteiger partial charge < -0.3 is 76.4 Å². The SMILES string of the molecule is COc1ccc(C[C@H](N)C(=O)NCC(=O)NCC(=O)N[C@H](Cc2ccccc2)C(=O)N[C@@H](CC(C)C)C(=O)N[C@@H](CCCN=C(N)N)C(=O)N[C@@H](CCCN=C(N)N)C(=O)N[C@H](CC(C)C)C(N)=O)cc1. The number of carbonyl (C=O) groups excluding carboxylic acids is 8. The number of hydrogen-bond donors (Lipinski definition) is 13. The largest absolute Gasteiger partial charge is 0.497 e.